The highest BCUT2D eigenvalue weighted by atomic mass is 32.1. The summed E-state index contributed by atoms with van der Waals surface area (Å²) in [7, 11) is 3.26. The summed E-state index contributed by atoms with van der Waals surface area (Å²) >= 11 is 1.33. The van der Waals surface area contributed by atoms with Crippen LogP contribution in [0, 0.1) is 6.92 Å². The summed E-state index contributed by atoms with van der Waals surface area (Å²) in [6, 6.07) is 11.5. The number of anilines is 1. The van der Waals surface area contributed by atoms with Crippen molar-refractivity contribution in [2.75, 3.05) is 19.2 Å². The van der Waals surface area contributed by atoms with Crippen LogP contribution in [0.15, 0.2) is 52.2 Å². The van der Waals surface area contributed by atoms with Crippen LogP contribution in [-0.2, 0) is 0 Å². The van der Waals surface area contributed by atoms with Gasteiger partial charge in [0, 0.05) is 13.5 Å². The Hall–Kier alpha value is -3.13. The van der Waals surface area contributed by atoms with E-state index in [2.05, 4.69) is 10.3 Å². The van der Waals surface area contributed by atoms with E-state index in [1.807, 2.05) is 48.3 Å². The Morgan fingerprint density at radius 2 is 2.11 bits per heavy atom. The molecule has 1 amide bonds. The van der Waals surface area contributed by atoms with Crippen molar-refractivity contribution in [3.05, 3.63) is 64.6 Å². The van der Waals surface area contributed by atoms with Gasteiger partial charge in [-0.2, -0.15) is 5.10 Å². The molecule has 1 aromatic carbocycles. The number of carbonyl (C=O) groups is 1. The van der Waals surface area contributed by atoms with E-state index in [0.717, 1.165) is 22.8 Å². The average molecular weight is 396 g/mol. The number of methoxy groups -OCH3 is 1. The van der Waals surface area contributed by atoms with E-state index >= 15 is 0 Å². The number of amides is 1. The van der Waals surface area contributed by atoms with Crippen LogP contribution in [0.25, 0.3) is 0 Å². The average Bonchev–Trinajstić information content (AvgIpc) is 3.46. The molecule has 0 bridgehead atoms. The lowest BCUT2D eigenvalue weighted by atomic mass is 10.0. The molecule has 144 valence electrons. The van der Waals surface area contributed by atoms with E-state index in [4.69, 9.17) is 14.3 Å². The lowest BCUT2D eigenvalue weighted by Gasteiger charge is -2.18. The summed E-state index contributed by atoms with van der Waals surface area (Å²) in [6.45, 7) is 1.83. The minimum Gasteiger partial charge on any atom is -0.497 e. The van der Waals surface area contributed by atoms with Crippen LogP contribution in [0.1, 0.15) is 39.2 Å². The van der Waals surface area contributed by atoms with Crippen molar-refractivity contribution in [1.82, 2.24) is 10.3 Å². The van der Waals surface area contributed by atoms with Crippen molar-refractivity contribution in [2.45, 2.75) is 19.4 Å². The number of aromatic nitrogens is 1. The molecule has 0 radical (unpaired) electrons. The van der Waals surface area contributed by atoms with Gasteiger partial charge >= 0.3 is 0 Å². The Bertz CT molecular complexity index is 1010. The lowest BCUT2D eigenvalue weighted by molar-refractivity contribution is 0.0966. The highest BCUT2D eigenvalue weighted by Crippen LogP contribution is 2.39. The van der Waals surface area contributed by atoms with E-state index in [-0.39, 0.29) is 11.9 Å². The van der Waals surface area contributed by atoms with Gasteiger partial charge in [0.1, 0.15) is 22.4 Å². The molecule has 0 saturated heterocycles. The number of furan rings is 1. The van der Waals surface area contributed by atoms with Gasteiger partial charge < -0.3 is 14.5 Å². The number of aryl methyl sites for hydroxylation is 1. The number of hydrazone groups is 1. The molecule has 3 aromatic rings. The van der Waals surface area contributed by atoms with Gasteiger partial charge in [0.05, 0.1) is 24.8 Å². The predicted molar refractivity (Wildman–Crippen MR) is 108 cm³/mol. The number of hydrogen-bond donors (Lipinski definition) is 1. The number of hydrogen-bond acceptors (Lipinski definition) is 7. The summed E-state index contributed by atoms with van der Waals surface area (Å²) in [5.41, 5.74) is 2.63. The Labute approximate surface area is 166 Å². The van der Waals surface area contributed by atoms with Crippen LogP contribution in [0.2, 0.25) is 0 Å². The van der Waals surface area contributed by atoms with Crippen LogP contribution in [-0.4, -0.2) is 30.8 Å². The number of thiazole rings is 1. The van der Waals surface area contributed by atoms with Crippen LogP contribution in [0.4, 0.5) is 5.13 Å². The minimum atomic E-state index is -0.144. The van der Waals surface area contributed by atoms with Crippen LogP contribution in [0.5, 0.6) is 5.75 Å². The Balaban J connectivity index is 1.72. The summed E-state index contributed by atoms with van der Waals surface area (Å²) in [5, 5.41) is 10.0. The molecule has 7 nitrogen and oxygen atoms in total. The molecule has 1 atom stereocenters. The summed E-state index contributed by atoms with van der Waals surface area (Å²) < 4.78 is 10.9. The monoisotopic (exact) mass is 396 g/mol. The van der Waals surface area contributed by atoms with Gasteiger partial charge in [0.25, 0.3) is 5.91 Å². The molecule has 1 aliphatic rings. The number of ether oxygens (including phenoxy) is 1. The summed E-state index contributed by atoms with van der Waals surface area (Å²) in [5.74, 6) is 1.46. The quantitative estimate of drug-likeness (QED) is 0.710. The molecule has 0 fully saturated rings. The van der Waals surface area contributed by atoms with Crippen molar-refractivity contribution >= 4 is 28.1 Å². The van der Waals surface area contributed by atoms with Gasteiger partial charge in [-0.3, -0.25) is 4.79 Å². The second kappa shape index (κ2) is 7.47. The standard InChI is InChI=1S/C20H20N4O3S/c1-12-18(19(25)21-2)28-20(22-12)24-16(17-5-4-10-27-17)11-15(23-24)13-6-8-14(26-3)9-7-13/h4-10,16H,11H2,1-3H3,(H,21,25)/t16-/m1/s1. The zero-order valence-corrected chi connectivity index (χ0v) is 16.6. The molecular weight excluding hydrogens is 376 g/mol. The molecule has 8 heteroatoms. The highest BCUT2D eigenvalue weighted by Gasteiger charge is 2.34. The molecule has 28 heavy (non-hydrogen) atoms. The van der Waals surface area contributed by atoms with Crippen LogP contribution in [0.3, 0.4) is 0 Å². The third kappa shape index (κ3) is 3.27. The number of benzene rings is 1. The smallest absolute Gasteiger partial charge is 0.263 e. The maximum Gasteiger partial charge on any atom is 0.263 e. The topological polar surface area (TPSA) is 80.0 Å². The number of rotatable bonds is 5. The van der Waals surface area contributed by atoms with E-state index in [0.29, 0.717) is 22.1 Å². The zero-order valence-electron chi connectivity index (χ0n) is 15.8. The first-order valence-corrected chi connectivity index (χ1v) is 9.66. The molecular formula is C20H20N4O3S. The maximum atomic E-state index is 12.1. The van der Waals surface area contributed by atoms with Gasteiger partial charge in [-0.05, 0) is 48.9 Å². The predicted octanol–water partition coefficient (Wildman–Crippen LogP) is 3.77. The molecule has 3 heterocycles. The second-order valence-electron chi connectivity index (χ2n) is 6.35. The molecule has 0 saturated carbocycles. The largest absolute Gasteiger partial charge is 0.497 e. The third-order valence-corrected chi connectivity index (χ3v) is 5.77. The molecule has 0 spiro atoms. The first-order chi connectivity index (χ1) is 13.6. The van der Waals surface area contributed by atoms with Gasteiger partial charge in [0.15, 0.2) is 0 Å². The number of nitrogens with one attached hydrogen (secondary N) is 1. The van der Waals surface area contributed by atoms with E-state index < -0.39 is 0 Å². The van der Waals surface area contributed by atoms with Gasteiger partial charge in [0.2, 0.25) is 5.13 Å². The number of nitrogens with zero attached hydrogens (tertiary/aromatic N) is 3. The fourth-order valence-electron chi connectivity index (χ4n) is 3.15. The Morgan fingerprint density at radius 1 is 1.32 bits per heavy atom. The van der Waals surface area contributed by atoms with Gasteiger partial charge in [-0.1, -0.05) is 11.3 Å². The first-order valence-electron chi connectivity index (χ1n) is 8.84. The van der Waals surface area contributed by atoms with Gasteiger partial charge in [-0.25, -0.2) is 9.99 Å². The first kappa shape index (κ1) is 18.2. The molecule has 0 aliphatic carbocycles. The summed E-state index contributed by atoms with van der Waals surface area (Å²) in [4.78, 5) is 17.3. The highest BCUT2D eigenvalue weighted by molar-refractivity contribution is 7.17. The minimum absolute atomic E-state index is 0.116. The van der Waals surface area contributed by atoms with E-state index in [1.165, 1.54) is 11.3 Å². The third-order valence-electron chi connectivity index (χ3n) is 4.62. The molecule has 0 unspecified atom stereocenters. The normalized spacial score (nSPS) is 16.2. The maximum absolute atomic E-state index is 12.1. The van der Waals surface area contributed by atoms with Crippen molar-refractivity contribution in [2.24, 2.45) is 5.10 Å². The fraction of sp³-hybridized carbons (Fsp3) is 0.250. The molecule has 4 rings (SSSR count). The van der Waals surface area contributed by atoms with Crippen molar-refractivity contribution in [1.29, 1.82) is 0 Å². The van der Waals surface area contributed by atoms with E-state index in [1.54, 1.807) is 20.4 Å². The Kier molecular flexibility index (Phi) is 4.87. The van der Waals surface area contributed by atoms with Crippen molar-refractivity contribution < 1.29 is 13.9 Å². The molecule has 1 aliphatic heterocycles. The number of carbonyl (C=O) groups excluding carboxylic acids is 1. The fourth-order valence-corrected chi connectivity index (χ4v) is 4.17. The van der Waals surface area contributed by atoms with E-state index in [9.17, 15) is 4.79 Å². The molecule has 2 aromatic heterocycles. The zero-order chi connectivity index (χ0) is 19.7. The van der Waals surface area contributed by atoms with Crippen molar-refractivity contribution in [3.63, 3.8) is 0 Å². The second-order valence-corrected chi connectivity index (χ2v) is 7.32. The lowest BCUT2D eigenvalue weighted by Crippen LogP contribution is -2.18. The van der Waals surface area contributed by atoms with Gasteiger partial charge in [-0.15, -0.1) is 0 Å². The van der Waals surface area contributed by atoms with Crippen LogP contribution >= 0.6 is 11.3 Å². The summed E-state index contributed by atoms with van der Waals surface area (Å²) in [6.07, 6.45) is 2.33. The molecule has 1 N–H and O–H groups in total. The van der Waals surface area contributed by atoms with Crippen molar-refractivity contribution in [3.8, 4) is 5.75 Å². The van der Waals surface area contributed by atoms with Crippen LogP contribution < -0.4 is 15.1 Å². The SMILES string of the molecule is CNC(=O)c1sc(N2N=C(c3ccc(OC)cc3)C[C@@H]2c2ccco2)nc1C. The Morgan fingerprint density at radius 3 is 2.75 bits per heavy atom.